The summed E-state index contributed by atoms with van der Waals surface area (Å²) in [5, 5.41) is -0.0677. The van der Waals surface area contributed by atoms with Crippen molar-refractivity contribution in [3.63, 3.8) is 0 Å². The van der Waals surface area contributed by atoms with Crippen LogP contribution in [-0.2, 0) is 39.9 Å². The number of ether oxygens (including phenoxy) is 3. The van der Waals surface area contributed by atoms with E-state index in [1.165, 1.54) is 11.0 Å². The molecule has 0 saturated heterocycles. The fourth-order valence-electron chi connectivity index (χ4n) is 6.09. The molecule has 0 bridgehead atoms. The van der Waals surface area contributed by atoms with Gasteiger partial charge in [-0.2, -0.15) is 0 Å². The van der Waals surface area contributed by atoms with Crippen molar-refractivity contribution in [3.05, 3.63) is 88.8 Å². The van der Waals surface area contributed by atoms with Crippen molar-refractivity contribution in [2.75, 3.05) is 55.3 Å². The highest BCUT2D eigenvalue weighted by Crippen LogP contribution is 2.39. The van der Waals surface area contributed by atoms with E-state index >= 15 is 0 Å². The Hall–Kier alpha value is -3.94. The number of amides is 4. The largest absolute Gasteiger partial charge is 0.480 e. The highest BCUT2D eigenvalue weighted by molar-refractivity contribution is 6.53. The molecule has 4 rings (SSSR count). The first kappa shape index (κ1) is 51.2. The number of para-hydroxylation sites is 1. The first-order chi connectivity index (χ1) is 28.2. The van der Waals surface area contributed by atoms with Crippen LogP contribution in [0.15, 0.2) is 66.8 Å². The molecule has 11 nitrogen and oxygen atoms in total. The Bertz CT molecular complexity index is 1780. The Morgan fingerprint density at radius 2 is 1.61 bits per heavy atom. The molecule has 0 atom stereocenters. The van der Waals surface area contributed by atoms with Crippen molar-refractivity contribution in [2.45, 2.75) is 83.9 Å². The first-order valence-electron chi connectivity index (χ1n) is 19.4. The zero-order valence-corrected chi connectivity index (χ0v) is 37.2. The van der Waals surface area contributed by atoms with Gasteiger partial charge in [-0.15, -0.1) is 24.8 Å². The third-order valence-corrected chi connectivity index (χ3v) is 9.90. The fourth-order valence-corrected chi connectivity index (χ4v) is 6.71. The molecule has 0 spiro atoms. The van der Waals surface area contributed by atoms with E-state index < -0.39 is 35.0 Å². The normalized spacial score (nSPS) is 13.2. The Morgan fingerprint density at radius 1 is 0.983 bits per heavy atom. The van der Waals surface area contributed by atoms with Crippen molar-refractivity contribution in [3.8, 4) is 5.75 Å². The van der Waals surface area contributed by atoms with E-state index in [1.807, 2.05) is 39.0 Å². The third-order valence-electron chi connectivity index (χ3n) is 9.00. The van der Waals surface area contributed by atoms with Gasteiger partial charge >= 0.3 is 5.97 Å². The predicted octanol–water partition coefficient (Wildman–Crippen LogP) is 9.45. The van der Waals surface area contributed by atoms with Crippen molar-refractivity contribution in [1.29, 1.82) is 0 Å². The third kappa shape index (κ3) is 15.2. The Labute approximate surface area is 367 Å². The Kier molecular flexibility index (Phi) is 23.4. The number of unbranched alkanes of at least 4 members (excludes halogenated alkanes) is 2. The predicted molar refractivity (Wildman–Crippen MR) is 233 cm³/mol. The Morgan fingerprint density at radius 3 is 2.14 bits per heavy atom. The molecule has 1 heterocycles. The monoisotopic (exact) mass is 899 g/mol. The minimum atomic E-state index is -1.01. The zero-order valence-electron chi connectivity index (χ0n) is 34.1. The molecule has 59 heavy (non-hydrogen) atoms. The number of imide groups is 1. The lowest BCUT2D eigenvalue weighted by Crippen LogP contribution is -2.35. The van der Waals surface area contributed by atoms with E-state index in [-0.39, 0.29) is 40.9 Å². The van der Waals surface area contributed by atoms with E-state index in [4.69, 9.17) is 60.6 Å². The molecule has 16 heteroatoms. The topological polar surface area (TPSA) is 123 Å². The number of hydrogen-bond donors (Lipinski definition) is 0. The van der Waals surface area contributed by atoms with Crippen molar-refractivity contribution in [2.24, 2.45) is 0 Å². The number of anilines is 2. The van der Waals surface area contributed by atoms with Crippen LogP contribution in [0.1, 0.15) is 76.8 Å². The van der Waals surface area contributed by atoms with Gasteiger partial charge in [0, 0.05) is 36.9 Å². The molecule has 0 N–H and O–H groups in total. The van der Waals surface area contributed by atoms with E-state index in [0.717, 1.165) is 66.3 Å². The number of carbonyl (C=O) groups is 5. The second kappa shape index (κ2) is 27.0. The van der Waals surface area contributed by atoms with Crippen LogP contribution < -0.4 is 14.5 Å². The van der Waals surface area contributed by atoms with Crippen LogP contribution in [0.25, 0.3) is 0 Å². The molecule has 0 unspecified atom stereocenters. The lowest BCUT2D eigenvalue weighted by molar-refractivity contribution is -0.146. The Balaban J connectivity index is 0.000000341. The number of aryl methyl sites for hydroxylation is 2. The van der Waals surface area contributed by atoms with Gasteiger partial charge in [0.15, 0.2) is 11.4 Å². The van der Waals surface area contributed by atoms with Crippen molar-refractivity contribution >= 4 is 87.4 Å². The van der Waals surface area contributed by atoms with Crippen LogP contribution in [0.3, 0.4) is 0 Å². The summed E-state index contributed by atoms with van der Waals surface area (Å²) in [5.41, 5.74) is 3.80. The summed E-state index contributed by atoms with van der Waals surface area (Å²) < 4.78 is 30.3. The van der Waals surface area contributed by atoms with Gasteiger partial charge in [0.05, 0.1) is 23.0 Å². The van der Waals surface area contributed by atoms with Crippen LogP contribution in [0, 0.1) is 12.7 Å². The molecule has 0 aromatic heterocycles. The molecule has 324 valence electrons. The van der Waals surface area contributed by atoms with E-state index in [1.54, 1.807) is 17.1 Å². The molecular weight excluding hydrogens is 847 g/mol. The summed E-state index contributed by atoms with van der Waals surface area (Å²) in [6.07, 6.45) is 9.49. The second-order valence-corrected chi connectivity index (χ2v) is 15.0. The van der Waals surface area contributed by atoms with Gasteiger partial charge in [0.25, 0.3) is 17.7 Å². The maximum Gasteiger partial charge on any atom is 0.344 e. The summed E-state index contributed by atoms with van der Waals surface area (Å²) in [4.78, 5) is 63.2. The number of hydrogen-bond acceptors (Lipinski definition) is 8. The van der Waals surface area contributed by atoms with Gasteiger partial charge in [-0.05, 0) is 69.6 Å². The van der Waals surface area contributed by atoms with Crippen LogP contribution in [0.2, 0.25) is 5.02 Å². The molecule has 0 fully saturated rings. The highest BCUT2D eigenvalue weighted by Gasteiger charge is 2.41. The maximum atomic E-state index is 14.5. The minimum absolute atomic E-state index is 0.000883. The average molecular weight is 902 g/mol. The number of esters is 1. The number of benzene rings is 2. The smallest absolute Gasteiger partial charge is 0.344 e. The number of alkyl halides is 3. The number of carbonyl (C=O) groups excluding carboxylic acids is 5. The second-order valence-electron chi connectivity index (χ2n) is 13.2. The maximum absolute atomic E-state index is 14.5. The molecule has 1 aliphatic carbocycles. The van der Waals surface area contributed by atoms with Crippen molar-refractivity contribution < 1.29 is 42.6 Å². The standard InChI is InChI=1S/C21H23ClFNO5.C14H20ClNO2.C8H11Cl2NO/c1-2-3-6-9-28-19(25)12-29-18-11-17(16(23)10-15(18)22)24-20(26)13-7-4-5-8-14(13)21(24)27;1-4-12-8-6-7-11(3)14(12)16(10-18-5-2)13(17)9-15;1-3-5-11(6-4-2)8(12)7(9)10/h10-11H,2-9,12H2,1H3;6-8H,4-5,9-10H2,1-3H3;3-4,7H,1-2,5-6H2. The van der Waals surface area contributed by atoms with Gasteiger partial charge in [0.2, 0.25) is 5.91 Å². The summed E-state index contributed by atoms with van der Waals surface area (Å²) in [5.74, 6) is -2.89. The summed E-state index contributed by atoms with van der Waals surface area (Å²) >= 11 is 22.5. The lowest BCUT2D eigenvalue weighted by atomic mass is 9.93. The molecule has 2 aromatic carbocycles. The van der Waals surface area contributed by atoms with Crippen molar-refractivity contribution in [1.82, 2.24) is 4.90 Å². The van der Waals surface area contributed by atoms with Gasteiger partial charge < -0.3 is 19.1 Å². The lowest BCUT2D eigenvalue weighted by Gasteiger charge is -2.25. The molecule has 0 saturated carbocycles. The van der Waals surface area contributed by atoms with Gasteiger partial charge in [-0.25, -0.2) is 14.1 Å². The quantitative estimate of drug-likeness (QED) is 0.0342. The van der Waals surface area contributed by atoms with Crippen LogP contribution in [0.4, 0.5) is 15.8 Å². The van der Waals surface area contributed by atoms with Gasteiger partial charge in [0.1, 0.15) is 24.2 Å². The molecule has 2 aromatic rings. The minimum Gasteiger partial charge on any atom is -0.480 e. The highest BCUT2D eigenvalue weighted by atomic mass is 35.5. The molecule has 0 radical (unpaired) electrons. The number of rotatable bonds is 19. The molecule has 4 amide bonds. The SMILES string of the molecule is C=CCN(CC=C)C(=O)C(Cl)Cl.CCCCCOC(=O)COc1cc(N2C(=O)C3=C(CCCC3)C2=O)c(F)cc1Cl.CCOCN(C(=O)CCl)c1c(C)cccc1CC. The number of halogens is 5. The molecular formula is C43H54Cl4FN3O8. The molecule has 2 aliphatic rings. The van der Waals surface area contributed by atoms with E-state index in [2.05, 4.69) is 20.1 Å². The molecule has 1 aliphatic heterocycles. The zero-order chi connectivity index (χ0) is 44.1. The van der Waals surface area contributed by atoms with Gasteiger partial charge in [-0.1, -0.05) is 91.8 Å². The number of nitrogens with zero attached hydrogens (tertiary/aromatic N) is 3. The summed E-state index contributed by atoms with van der Waals surface area (Å²) in [7, 11) is 0. The average Bonchev–Trinajstić information content (AvgIpc) is 3.48. The summed E-state index contributed by atoms with van der Waals surface area (Å²) in [6, 6.07) is 8.17. The van der Waals surface area contributed by atoms with Gasteiger partial charge in [-0.3, -0.25) is 24.1 Å². The van der Waals surface area contributed by atoms with Crippen LogP contribution in [-0.4, -0.2) is 84.9 Å². The van der Waals surface area contributed by atoms with Crippen LogP contribution in [0.5, 0.6) is 5.75 Å². The first-order valence-corrected chi connectivity index (χ1v) is 21.2. The van der Waals surface area contributed by atoms with Crippen LogP contribution >= 0.6 is 46.4 Å². The van der Waals surface area contributed by atoms with E-state index in [9.17, 15) is 28.4 Å². The van der Waals surface area contributed by atoms with E-state index in [0.29, 0.717) is 50.3 Å². The fraction of sp³-hybridized carbons (Fsp3) is 0.465. The summed E-state index contributed by atoms with van der Waals surface area (Å²) in [6.45, 7) is 16.6.